The Morgan fingerprint density at radius 3 is 2.79 bits per heavy atom. The average Bonchev–Trinajstić information content (AvgIpc) is 2.33. The third-order valence-corrected chi connectivity index (χ3v) is 3.50. The van der Waals surface area contributed by atoms with E-state index in [1.807, 2.05) is 0 Å². The molecule has 0 bridgehead atoms. The first kappa shape index (κ1) is 15.8. The van der Waals surface area contributed by atoms with Crippen molar-refractivity contribution in [2.45, 2.75) is 13.3 Å². The second-order valence-corrected chi connectivity index (χ2v) is 5.48. The van der Waals surface area contributed by atoms with Crippen molar-refractivity contribution in [1.82, 2.24) is 4.72 Å². The van der Waals surface area contributed by atoms with Gasteiger partial charge in [0.25, 0.3) is 10.2 Å². The molecule has 19 heavy (non-hydrogen) atoms. The average molecular weight is 303 g/mol. The molecule has 5 nitrogen and oxygen atoms in total. The zero-order chi connectivity index (χ0) is 14.3. The summed E-state index contributed by atoms with van der Waals surface area (Å²) in [5.74, 6) is 5.56. The third kappa shape index (κ3) is 5.49. The maximum atomic E-state index is 11.6. The summed E-state index contributed by atoms with van der Waals surface area (Å²) >= 11 is 5.92. The van der Waals surface area contributed by atoms with E-state index in [-0.39, 0.29) is 23.9 Å². The van der Waals surface area contributed by atoms with Gasteiger partial charge in [0, 0.05) is 18.5 Å². The van der Waals surface area contributed by atoms with Crippen LogP contribution < -0.4 is 9.44 Å². The van der Waals surface area contributed by atoms with E-state index >= 15 is 0 Å². The summed E-state index contributed by atoms with van der Waals surface area (Å²) in [7, 11) is -3.62. The molecular formula is C12H15ClN2O3S. The smallest absolute Gasteiger partial charge is 0.299 e. The van der Waals surface area contributed by atoms with Crippen molar-refractivity contribution in [3.8, 4) is 11.8 Å². The number of aliphatic hydroxyl groups is 1. The summed E-state index contributed by atoms with van der Waals surface area (Å²) in [6.45, 7) is 1.95. The SMILES string of the molecule is CCNS(=O)(=O)Nc1cc(C#CCCO)ccc1Cl. The first-order chi connectivity index (χ1) is 8.98. The lowest BCUT2D eigenvalue weighted by Crippen LogP contribution is -2.29. The van der Waals surface area contributed by atoms with Crippen LogP contribution >= 0.6 is 11.6 Å². The van der Waals surface area contributed by atoms with Gasteiger partial charge in [-0.2, -0.15) is 13.1 Å². The standard InChI is InChI=1S/C12H15ClN2O3S/c1-2-14-19(17,18)15-12-9-10(5-3-4-8-16)6-7-11(12)13/h6-7,9,14-16H,2,4,8H2,1H3. The van der Waals surface area contributed by atoms with Crippen LogP contribution in [-0.4, -0.2) is 26.7 Å². The largest absolute Gasteiger partial charge is 0.395 e. The Morgan fingerprint density at radius 2 is 2.16 bits per heavy atom. The highest BCUT2D eigenvalue weighted by atomic mass is 35.5. The van der Waals surface area contributed by atoms with Crippen LogP contribution in [0, 0.1) is 11.8 Å². The van der Waals surface area contributed by atoms with Crippen LogP contribution in [0.5, 0.6) is 0 Å². The van der Waals surface area contributed by atoms with Gasteiger partial charge in [0.1, 0.15) is 0 Å². The van der Waals surface area contributed by atoms with Gasteiger partial charge in [-0.25, -0.2) is 0 Å². The van der Waals surface area contributed by atoms with Crippen LogP contribution in [0.25, 0.3) is 0 Å². The van der Waals surface area contributed by atoms with Crippen molar-refractivity contribution in [2.24, 2.45) is 0 Å². The molecule has 0 spiro atoms. The number of benzene rings is 1. The van der Waals surface area contributed by atoms with E-state index in [1.165, 1.54) is 0 Å². The fourth-order valence-corrected chi connectivity index (χ4v) is 2.40. The highest BCUT2D eigenvalue weighted by Crippen LogP contribution is 2.23. The highest BCUT2D eigenvalue weighted by Gasteiger charge is 2.10. The zero-order valence-electron chi connectivity index (χ0n) is 10.4. The minimum atomic E-state index is -3.62. The molecule has 1 rings (SSSR count). The summed E-state index contributed by atoms with van der Waals surface area (Å²) in [5.41, 5.74) is 0.880. The summed E-state index contributed by atoms with van der Waals surface area (Å²) < 4.78 is 27.8. The van der Waals surface area contributed by atoms with Crippen molar-refractivity contribution in [3.63, 3.8) is 0 Å². The second kappa shape index (κ2) is 7.36. The monoisotopic (exact) mass is 302 g/mol. The van der Waals surface area contributed by atoms with E-state index in [4.69, 9.17) is 16.7 Å². The van der Waals surface area contributed by atoms with Gasteiger partial charge in [-0.05, 0) is 18.2 Å². The van der Waals surface area contributed by atoms with Crippen LogP contribution in [0.3, 0.4) is 0 Å². The van der Waals surface area contributed by atoms with E-state index in [0.717, 1.165) is 0 Å². The molecule has 1 aromatic rings. The molecule has 0 unspecified atom stereocenters. The Labute approximate surface area is 118 Å². The summed E-state index contributed by atoms with van der Waals surface area (Å²) in [6.07, 6.45) is 0.362. The molecule has 0 aliphatic rings. The van der Waals surface area contributed by atoms with Crippen molar-refractivity contribution in [3.05, 3.63) is 28.8 Å². The molecule has 0 aliphatic carbocycles. The summed E-state index contributed by atoms with van der Waals surface area (Å²) in [4.78, 5) is 0. The lowest BCUT2D eigenvalue weighted by atomic mass is 10.2. The van der Waals surface area contributed by atoms with Gasteiger partial charge in [-0.15, -0.1) is 0 Å². The fourth-order valence-electron chi connectivity index (χ4n) is 1.27. The maximum Gasteiger partial charge on any atom is 0.299 e. The molecule has 0 aromatic heterocycles. The second-order valence-electron chi connectivity index (χ2n) is 3.57. The molecule has 104 valence electrons. The minimum absolute atomic E-state index is 0.0134. The zero-order valence-corrected chi connectivity index (χ0v) is 12.0. The maximum absolute atomic E-state index is 11.6. The first-order valence-electron chi connectivity index (χ1n) is 5.65. The van der Waals surface area contributed by atoms with Gasteiger partial charge < -0.3 is 5.11 Å². The molecule has 1 aromatic carbocycles. The minimum Gasteiger partial charge on any atom is -0.395 e. The van der Waals surface area contributed by atoms with Crippen LogP contribution in [-0.2, 0) is 10.2 Å². The van der Waals surface area contributed by atoms with Crippen LogP contribution in [0.2, 0.25) is 5.02 Å². The number of halogens is 1. The molecule has 0 atom stereocenters. The highest BCUT2D eigenvalue weighted by molar-refractivity contribution is 7.90. The Morgan fingerprint density at radius 1 is 1.42 bits per heavy atom. The van der Waals surface area contributed by atoms with E-state index in [9.17, 15) is 8.42 Å². The van der Waals surface area contributed by atoms with Crippen LogP contribution in [0.1, 0.15) is 18.9 Å². The Hall–Kier alpha value is -1.26. The van der Waals surface area contributed by atoms with Crippen molar-refractivity contribution >= 4 is 27.5 Å². The van der Waals surface area contributed by atoms with Gasteiger partial charge >= 0.3 is 0 Å². The Balaban J connectivity index is 2.96. The topological polar surface area (TPSA) is 78.4 Å². The fraction of sp³-hybridized carbons (Fsp3) is 0.333. The van der Waals surface area contributed by atoms with E-state index in [1.54, 1.807) is 25.1 Å². The molecular weight excluding hydrogens is 288 g/mol. The van der Waals surface area contributed by atoms with Crippen LogP contribution in [0.4, 0.5) is 5.69 Å². The van der Waals surface area contributed by atoms with Gasteiger partial charge in [-0.3, -0.25) is 4.72 Å². The van der Waals surface area contributed by atoms with Gasteiger partial charge in [0.05, 0.1) is 17.3 Å². The molecule has 0 saturated heterocycles. The first-order valence-corrected chi connectivity index (χ1v) is 7.51. The lowest BCUT2D eigenvalue weighted by molar-refractivity contribution is 0.305. The number of aliphatic hydroxyl groups excluding tert-OH is 1. The Kier molecular flexibility index (Phi) is 6.12. The quantitative estimate of drug-likeness (QED) is 0.718. The molecule has 3 N–H and O–H groups in total. The molecule has 0 amide bonds. The lowest BCUT2D eigenvalue weighted by Gasteiger charge is -2.09. The molecule has 0 heterocycles. The predicted molar refractivity (Wildman–Crippen MR) is 76.3 cm³/mol. The number of rotatable bonds is 5. The van der Waals surface area contributed by atoms with E-state index in [2.05, 4.69) is 21.3 Å². The number of hydrogen-bond donors (Lipinski definition) is 3. The normalized spacial score (nSPS) is 10.7. The Bertz CT molecular complexity index is 591. The van der Waals surface area contributed by atoms with Crippen molar-refractivity contribution in [1.29, 1.82) is 0 Å². The predicted octanol–water partition coefficient (Wildman–Crippen LogP) is 1.34. The molecule has 7 heteroatoms. The number of nitrogens with one attached hydrogen (secondary N) is 2. The number of anilines is 1. The van der Waals surface area contributed by atoms with Crippen LogP contribution in [0.15, 0.2) is 18.2 Å². The van der Waals surface area contributed by atoms with E-state index < -0.39 is 10.2 Å². The third-order valence-electron chi connectivity index (χ3n) is 2.01. The molecule has 0 saturated carbocycles. The summed E-state index contributed by atoms with van der Waals surface area (Å²) in [6, 6.07) is 4.79. The molecule has 0 fully saturated rings. The summed E-state index contributed by atoms with van der Waals surface area (Å²) in [5, 5.41) is 8.92. The molecule has 0 radical (unpaired) electrons. The van der Waals surface area contributed by atoms with Gasteiger partial charge in [0.2, 0.25) is 0 Å². The molecule has 0 aliphatic heterocycles. The van der Waals surface area contributed by atoms with Gasteiger partial charge in [-0.1, -0.05) is 30.4 Å². The van der Waals surface area contributed by atoms with Crippen molar-refractivity contribution in [2.75, 3.05) is 17.9 Å². The van der Waals surface area contributed by atoms with E-state index in [0.29, 0.717) is 12.0 Å². The van der Waals surface area contributed by atoms with Crippen molar-refractivity contribution < 1.29 is 13.5 Å². The van der Waals surface area contributed by atoms with Gasteiger partial charge in [0.15, 0.2) is 0 Å². The number of hydrogen-bond acceptors (Lipinski definition) is 3.